The lowest BCUT2D eigenvalue weighted by Gasteiger charge is -2.10. The fourth-order valence-electron chi connectivity index (χ4n) is 1.86. The Labute approximate surface area is 91.2 Å². The quantitative estimate of drug-likeness (QED) is 0.691. The van der Waals surface area contributed by atoms with Crippen LogP contribution in [0.2, 0.25) is 0 Å². The second-order valence-electron chi connectivity index (χ2n) is 4.16. The smallest absolute Gasteiger partial charge is 0.117 e. The summed E-state index contributed by atoms with van der Waals surface area (Å²) in [5.74, 6) is 0. The minimum absolute atomic E-state index is 0.00871. The fraction of sp³-hybridized carbons (Fsp3) is 0.538. The first kappa shape index (κ1) is 10.7. The lowest BCUT2D eigenvalue weighted by atomic mass is 10.0. The average molecular weight is 206 g/mol. The van der Waals surface area contributed by atoms with E-state index in [1.54, 1.807) is 0 Å². The maximum atomic E-state index is 5.68. The Hall–Kier alpha value is -0.860. The van der Waals surface area contributed by atoms with Crippen LogP contribution in [0.5, 0.6) is 0 Å². The summed E-state index contributed by atoms with van der Waals surface area (Å²) in [6.45, 7) is 5.64. The number of rotatable bonds is 5. The van der Waals surface area contributed by atoms with E-state index in [1.165, 1.54) is 5.56 Å². The fourth-order valence-corrected chi connectivity index (χ4v) is 1.86. The first-order valence-electron chi connectivity index (χ1n) is 5.56. The van der Waals surface area contributed by atoms with Crippen molar-refractivity contribution in [3.8, 4) is 0 Å². The van der Waals surface area contributed by atoms with Gasteiger partial charge in [0.15, 0.2) is 0 Å². The van der Waals surface area contributed by atoms with Crippen molar-refractivity contribution < 1.29 is 9.47 Å². The molecule has 0 saturated carbocycles. The van der Waals surface area contributed by atoms with Crippen LogP contribution >= 0.6 is 0 Å². The van der Waals surface area contributed by atoms with E-state index in [0.717, 1.165) is 6.42 Å². The first-order valence-corrected chi connectivity index (χ1v) is 5.56. The largest absolute Gasteiger partial charge is 0.374 e. The van der Waals surface area contributed by atoms with Crippen LogP contribution < -0.4 is 0 Å². The molecule has 2 atom stereocenters. The second kappa shape index (κ2) is 4.33. The molecule has 0 bridgehead atoms. The van der Waals surface area contributed by atoms with Gasteiger partial charge in [0.05, 0.1) is 19.3 Å². The van der Waals surface area contributed by atoms with Gasteiger partial charge in [0.1, 0.15) is 5.60 Å². The molecule has 0 amide bonds. The van der Waals surface area contributed by atoms with Crippen LogP contribution in [0.1, 0.15) is 25.8 Å². The van der Waals surface area contributed by atoms with E-state index in [9.17, 15) is 0 Å². The van der Waals surface area contributed by atoms with Crippen LogP contribution in [0.3, 0.4) is 0 Å². The topological polar surface area (TPSA) is 21.8 Å². The highest BCUT2D eigenvalue weighted by Crippen LogP contribution is 2.39. The van der Waals surface area contributed by atoms with Crippen molar-refractivity contribution in [1.82, 2.24) is 0 Å². The zero-order valence-corrected chi connectivity index (χ0v) is 9.40. The van der Waals surface area contributed by atoms with Gasteiger partial charge in [-0.1, -0.05) is 37.3 Å². The SMILES string of the molecule is CCC1(COCc2ccccc2)OC1C. The standard InChI is InChI=1S/C13H18O2/c1-3-13(11(2)15-13)10-14-9-12-7-5-4-6-8-12/h4-8,11H,3,9-10H2,1-2H3. The number of benzene rings is 1. The molecule has 2 nitrogen and oxygen atoms in total. The van der Waals surface area contributed by atoms with E-state index in [1.807, 2.05) is 18.2 Å². The molecule has 1 fully saturated rings. The Balaban J connectivity index is 1.76. The van der Waals surface area contributed by atoms with E-state index in [4.69, 9.17) is 9.47 Å². The summed E-state index contributed by atoms with van der Waals surface area (Å²) in [4.78, 5) is 0. The summed E-state index contributed by atoms with van der Waals surface area (Å²) in [5.41, 5.74) is 1.23. The van der Waals surface area contributed by atoms with E-state index in [0.29, 0.717) is 19.3 Å². The molecule has 1 aromatic carbocycles. The Morgan fingerprint density at radius 2 is 2.00 bits per heavy atom. The monoisotopic (exact) mass is 206 g/mol. The Kier molecular flexibility index (Phi) is 3.08. The normalized spacial score (nSPS) is 29.1. The number of hydrogen-bond donors (Lipinski definition) is 0. The van der Waals surface area contributed by atoms with Crippen molar-refractivity contribution in [2.24, 2.45) is 0 Å². The lowest BCUT2D eigenvalue weighted by Crippen LogP contribution is -2.20. The zero-order chi connectivity index (χ0) is 10.7. The zero-order valence-electron chi connectivity index (χ0n) is 9.40. The maximum Gasteiger partial charge on any atom is 0.117 e. The van der Waals surface area contributed by atoms with Gasteiger partial charge in [-0.2, -0.15) is 0 Å². The Morgan fingerprint density at radius 1 is 1.33 bits per heavy atom. The molecule has 0 radical (unpaired) electrons. The first-order chi connectivity index (χ1) is 7.27. The molecular weight excluding hydrogens is 188 g/mol. The molecular formula is C13H18O2. The summed E-state index contributed by atoms with van der Waals surface area (Å²) in [5, 5.41) is 0. The van der Waals surface area contributed by atoms with Crippen LogP contribution in [0.4, 0.5) is 0 Å². The highest BCUT2D eigenvalue weighted by molar-refractivity contribution is 5.13. The van der Waals surface area contributed by atoms with Crippen LogP contribution in [0.25, 0.3) is 0 Å². The Morgan fingerprint density at radius 3 is 2.53 bits per heavy atom. The third-order valence-electron chi connectivity index (χ3n) is 3.15. The highest BCUT2D eigenvalue weighted by atomic mass is 16.6. The molecule has 1 aromatic rings. The Bertz CT molecular complexity index is 306. The molecule has 1 saturated heterocycles. The van der Waals surface area contributed by atoms with E-state index >= 15 is 0 Å². The van der Waals surface area contributed by atoms with E-state index < -0.39 is 0 Å². The van der Waals surface area contributed by atoms with Crippen LogP contribution in [-0.2, 0) is 16.1 Å². The highest BCUT2D eigenvalue weighted by Gasteiger charge is 2.51. The second-order valence-corrected chi connectivity index (χ2v) is 4.16. The molecule has 0 spiro atoms. The van der Waals surface area contributed by atoms with Crippen molar-refractivity contribution in [1.29, 1.82) is 0 Å². The van der Waals surface area contributed by atoms with Crippen molar-refractivity contribution in [2.75, 3.05) is 6.61 Å². The van der Waals surface area contributed by atoms with Crippen LogP contribution in [0.15, 0.2) is 30.3 Å². The molecule has 2 heteroatoms. The molecule has 15 heavy (non-hydrogen) atoms. The molecule has 1 aliphatic rings. The molecule has 2 unspecified atom stereocenters. The van der Waals surface area contributed by atoms with Gasteiger partial charge in [-0.25, -0.2) is 0 Å². The molecule has 0 aliphatic carbocycles. The molecule has 0 N–H and O–H groups in total. The summed E-state index contributed by atoms with van der Waals surface area (Å²) in [6, 6.07) is 10.2. The maximum absolute atomic E-state index is 5.68. The molecule has 1 aliphatic heterocycles. The van der Waals surface area contributed by atoms with Gasteiger partial charge in [0, 0.05) is 0 Å². The van der Waals surface area contributed by atoms with Crippen molar-refractivity contribution in [3.05, 3.63) is 35.9 Å². The number of hydrogen-bond acceptors (Lipinski definition) is 2. The lowest BCUT2D eigenvalue weighted by molar-refractivity contribution is 0.0661. The van der Waals surface area contributed by atoms with E-state index in [-0.39, 0.29) is 5.60 Å². The van der Waals surface area contributed by atoms with Gasteiger partial charge < -0.3 is 9.47 Å². The molecule has 82 valence electrons. The van der Waals surface area contributed by atoms with Gasteiger partial charge in [-0.3, -0.25) is 0 Å². The summed E-state index contributed by atoms with van der Waals surface area (Å²) >= 11 is 0. The van der Waals surface area contributed by atoms with Crippen LogP contribution in [0, 0.1) is 0 Å². The molecule has 1 heterocycles. The third-order valence-corrected chi connectivity index (χ3v) is 3.15. The number of ether oxygens (including phenoxy) is 2. The van der Waals surface area contributed by atoms with Crippen molar-refractivity contribution in [3.63, 3.8) is 0 Å². The molecule has 0 aromatic heterocycles. The number of epoxide rings is 1. The summed E-state index contributed by atoms with van der Waals surface area (Å²) < 4.78 is 11.2. The van der Waals surface area contributed by atoms with Gasteiger partial charge in [-0.15, -0.1) is 0 Å². The summed E-state index contributed by atoms with van der Waals surface area (Å²) in [7, 11) is 0. The third kappa shape index (κ3) is 2.39. The molecule has 2 rings (SSSR count). The van der Waals surface area contributed by atoms with Gasteiger partial charge in [0.2, 0.25) is 0 Å². The van der Waals surface area contributed by atoms with Gasteiger partial charge in [-0.05, 0) is 18.9 Å². The predicted octanol–water partition coefficient (Wildman–Crippen LogP) is 2.77. The minimum atomic E-state index is 0.00871. The van der Waals surface area contributed by atoms with Crippen molar-refractivity contribution in [2.45, 2.75) is 38.6 Å². The van der Waals surface area contributed by atoms with Gasteiger partial charge in [0.25, 0.3) is 0 Å². The summed E-state index contributed by atoms with van der Waals surface area (Å²) in [6.07, 6.45) is 1.39. The van der Waals surface area contributed by atoms with Crippen LogP contribution in [-0.4, -0.2) is 18.3 Å². The van der Waals surface area contributed by atoms with Crippen molar-refractivity contribution >= 4 is 0 Å². The minimum Gasteiger partial charge on any atom is -0.374 e. The van der Waals surface area contributed by atoms with Gasteiger partial charge >= 0.3 is 0 Å². The van der Waals surface area contributed by atoms with E-state index in [2.05, 4.69) is 26.0 Å². The average Bonchev–Trinajstić information content (AvgIpc) is 2.92. The predicted molar refractivity (Wildman–Crippen MR) is 59.7 cm³/mol.